The minimum atomic E-state index is -0.728. The molecule has 33 heavy (non-hydrogen) atoms. The van der Waals surface area contributed by atoms with Crippen LogP contribution in [0.15, 0.2) is 91.0 Å². The first kappa shape index (κ1) is 22.8. The third-order valence-electron chi connectivity index (χ3n) is 5.19. The molecule has 168 valence electrons. The maximum Gasteiger partial charge on any atom is 0.387 e. The van der Waals surface area contributed by atoms with Gasteiger partial charge in [0.25, 0.3) is 0 Å². The van der Waals surface area contributed by atoms with Gasteiger partial charge in [-0.25, -0.2) is 4.79 Å². The van der Waals surface area contributed by atoms with E-state index in [1.165, 1.54) is 0 Å². The first-order valence-corrected chi connectivity index (χ1v) is 11.0. The molecule has 1 saturated heterocycles. The summed E-state index contributed by atoms with van der Waals surface area (Å²) in [6.07, 6.45) is -0.919. The lowest BCUT2D eigenvalue weighted by atomic mass is 10.2. The van der Waals surface area contributed by atoms with E-state index in [0.29, 0.717) is 26.2 Å². The number of hydrogen-bond acceptors (Lipinski definition) is 5. The maximum absolute atomic E-state index is 12.2. The monoisotopic (exact) mass is 442 g/mol. The van der Waals surface area contributed by atoms with Crippen LogP contribution in [0.1, 0.15) is 23.1 Å². The van der Waals surface area contributed by atoms with Gasteiger partial charge in [-0.15, -0.1) is 0 Å². The van der Waals surface area contributed by atoms with Gasteiger partial charge in [0.15, 0.2) is 0 Å². The summed E-state index contributed by atoms with van der Waals surface area (Å²) in [7, 11) is 0. The van der Waals surface area contributed by atoms with Crippen molar-refractivity contribution in [3.8, 4) is 11.8 Å². The van der Waals surface area contributed by atoms with Crippen molar-refractivity contribution < 1.29 is 23.7 Å². The van der Waals surface area contributed by atoms with E-state index in [4.69, 9.17) is 18.9 Å². The Balaban J connectivity index is 1.33. The highest BCUT2D eigenvalue weighted by Crippen LogP contribution is 2.26. The third-order valence-corrected chi connectivity index (χ3v) is 5.19. The van der Waals surface area contributed by atoms with Gasteiger partial charge in [-0.2, -0.15) is 0 Å². The fourth-order valence-corrected chi connectivity index (χ4v) is 3.52. The Morgan fingerprint density at radius 1 is 0.848 bits per heavy atom. The van der Waals surface area contributed by atoms with Crippen LogP contribution in [-0.2, 0) is 37.0 Å². The molecule has 0 N–H and O–H groups in total. The molecule has 1 heterocycles. The molecule has 0 spiro atoms. The number of carbonyl (C=O) groups excluding carboxylic acids is 1. The lowest BCUT2D eigenvalue weighted by Gasteiger charge is -2.19. The highest BCUT2D eigenvalue weighted by atomic mass is 16.7. The zero-order chi connectivity index (χ0) is 22.7. The van der Waals surface area contributed by atoms with Crippen LogP contribution in [0.2, 0.25) is 0 Å². The molecule has 0 aliphatic carbocycles. The molecule has 0 unspecified atom stereocenters. The predicted octanol–water partition coefficient (Wildman–Crippen LogP) is 4.50. The first-order valence-electron chi connectivity index (χ1n) is 11.0. The van der Waals surface area contributed by atoms with E-state index in [0.717, 1.165) is 16.7 Å². The maximum atomic E-state index is 12.2. The van der Waals surface area contributed by atoms with Crippen LogP contribution in [0.25, 0.3) is 0 Å². The van der Waals surface area contributed by atoms with E-state index in [-0.39, 0.29) is 12.2 Å². The van der Waals surface area contributed by atoms with Gasteiger partial charge in [0.05, 0.1) is 25.9 Å². The molecule has 0 amide bonds. The van der Waals surface area contributed by atoms with Crippen molar-refractivity contribution in [3.05, 3.63) is 108 Å². The number of carbonyl (C=O) groups is 1. The van der Waals surface area contributed by atoms with Crippen LogP contribution < -0.4 is 0 Å². The molecule has 3 aromatic rings. The van der Waals surface area contributed by atoms with Crippen molar-refractivity contribution in [3.63, 3.8) is 0 Å². The van der Waals surface area contributed by atoms with Crippen LogP contribution in [0.5, 0.6) is 0 Å². The van der Waals surface area contributed by atoms with E-state index in [1.54, 1.807) is 0 Å². The predicted molar refractivity (Wildman–Crippen MR) is 124 cm³/mol. The number of ether oxygens (including phenoxy) is 4. The Kier molecular flexibility index (Phi) is 8.26. The Bertz CT molecular complexity index is 1060. The van der Waals surface area contributed by atoms with E-state index < -0.39 is 12.3 Å². The molecular weight excluding hydrogens is 416 g/mol. The zero-order valence-corrected chi connectivity index (χ0v) is 18.3. The number of benzene rings is 3. The van der Waals surface area contributed by atoms with E-state index >= 15 is 0 Å². The van der Waals surface area contributed by atoms with Crippen molar-refractivity contribution in [1.82, 2.24) is 0 Å². The lowest BCUT2D eigenvalue weighted by molar-refractivity contribution is -0.173. The molecule has 1 aliphatic rings. The highest BCUT2D eigenvalue weighted by molar-refractivity contribution is 5.89. The van der Waals surface area contributed by atoms with Crippen molar-refractivity contribution in [1.29, 1.82) is 0 Å². The quantitative estimate of drug-likeness (QED) is 0.380. The summed E-state index contributed by atoms with van der Waals surface area (Å²) < 4.78 is 23.4. The van der Waals surface area contributed by atoms with Crippen LogP contribution in [0, 0.1) is 11.8 Å². The van der Waals surface area contributed by atoms with E-state index in [1.807, 2.05) is 91.0 Å². The summed E-state index contributed by atoms with van der Waals surface area (Å²) in [4.78, 5) is 12.2. The Morgan fingerprint density at radius 2 is 1.45 bits per heavy atom. The van der Waals surface area contributed by atoms with Crippen molar-refractivity contribution in [2.45, 2.75) is 38.1 Å². The summed E-state index contributed by atoms with van der Waals surface area (Å²) >= 11 is 0. The summed E-state index contributed by atoms with van der Waals surface area (Å²) in [6.45, 7) is 1.25. The number of hydrogen-bond donors (Lipinski definition) is 0. The number of rotatable bonds is 8. The number of esters is 1. The molecule has 0 radical (unpaired) electrons. The normalized spacial score (nSPS) is 19.5. The molecule has 4 rings (SSSR count). The Hall–Kier alpha value is -3.43. The van der Waals surface area contributed by atoms with Gasteiger partial charge in [0.1, 0.15) is 6.10 Å². The summed E-state index contributed by atoms with van der Waals surface area (Å²) in [6, 6.07) is 29.2. The van der Waals surface area contributed by atoms with Crippen LogP contribution in [0.3, 0.4) is 0 Å². The van der Waals surface area contributed by atoms with Gasteiger partial charge in [-0.05, 0) is 23.3 Å². The standard InChI is InChI=1S/C28H26O5/c29-27(17-16-22-10-4-1-5-11-22)33-28-18-25(31-20-24-14-8-3-9-15-24)26(32-28)21-30-19-23-12-6-2-7-13-23/h1-15,25-26,28H,18-21H2/t25-,26+,28+/m0/s1. The van der Waals surface area contributed by atoms with Crippen molar-refractivity contribution in [2.24, 2.45) is 0 Å². The fraction of sp³-hybridized carbons (Fsp3) is 0.250. The minimum absolute atomic E-state index is 0.263. The third kappa shape index (κ3) is 7.30. The topological polar surface area (TPSA) is 54.0 Å². The largest absolute Gasteiger partial charge is 0.426 e. The Labute approximate surface area is 194 Å². The van der Waals surface area contributed by atoms with Crippen LogP contribution in [0.4, 0.5) is 0 Å². The summed E-state index contributed by atoms with van der Waals surface area (Å²) in [5, 5.41) is 0. The zero-order valence-electron chi connectivity index (χ0n) is 18.3. The second-order valence-electron chi connectivity index (χ2n) is 7.70. The van der Waals surface area contributed by atoms with Crippen molar-refractivity contribution >= 4 is 5.97 Å². The molecule has 0 bridgehead atoms. The SMILES string of the molecule is O=C(C#Cc1ccccc1)O[C@@H]1C[C@H](OCc2ccccc2)[C@@H](COCc2ccccc2)O1. The molecule has 3 aromatic carbocycles. The molecule has 0 saturated carbocycles. The van der Waals surface area contributed by atoms with Gasteiger partial charge in [0.2, 0.25) is 6.29 Å². The van der Waals surface area contributed by atoms with Crippen molar-refractivity contribution in [2.75, 3.05) is 6.61 Å². The fourth-order valence-electron chi connectivity index (χ4n) is 3.52. The molecule has 0 aromatic heterocycles. The highest BCUT2D eigenvalue weighted by Gasteiger charge is 2.38. The minimum Gasteiger partial charge on any atom is -0.426 e. The van der Waals surface area contributed by atoms with Gasteiger partial charge in [-0.3, -0.25) is 0 Å². The van der Waals surface area contributed by atoms with Gasteiger partial charge < -0.3 is 18.9 Å². The van der Waals surface area contributed by atoms with Gasteiger partial charge in [0, 0.05) is 17.9 Å². The smallest absolute Gasteiger partial charge is 0.387 e. The molecule has 5 heteroatoms. The molecular formula is C28H26O5. The Morgan fingerprint density at radius 3 is 2.12 bits per heavy atom. The lowest BCUT2D eigenvalue weighted by Crippen LogP contribution is -2.29. The van der Waals surface area contributed by atoms with Gasteiger partial charge >= 0.3 is 5.97 Å². The molecule has 5 nitrogen and oxygen atoms in total. The molecule has 1 fully saturated rings. The van der Waals surface area contributed by atoms with Crippen LogP contribution in [-0.4, -0.2) is 31.1 Å². The second-order valence-corrected chi connectivity index (χ2v) is 7.70. The van der Waals surface area contributed by atoms with E-state index in [2.05, 4.69) is 11.8 Å². The molecule has 1 aliphatic heterocycles. The van der Waals surface area contributed by atoms with Crippen LogP contribution >= 0.6 is 0 Å². The average Bonchev–Trinajstić information content (AvgIpc) is 3.24. The first-order chi connectivity index (χ1) is 16.3. The second kappa shape index (κ2) is 12.0. The van der Waals surface area contributed by atoms with E-state index in [9.17, 15) is 4.79 Å². The average molecular weight is 443 g/mol. The molecule has 3 atom stereocenters. The van der Waals surface area contributed by atoms with Gasteiger partial charge in [-0.1, -0.05) is 84.8 Å². The summed E-state index contributed by atoms with van der Waals surface area (Å²) in [5.74, 6) is 4.69. The summed E-state index contributed by atoms with van der Waals surface area (Å²) in [5.41, 5.74) is 2.89.